The van der Waals surface area contributed by atoms with E-state index in [1.54, 1.807) is 6.20 Å². The summed E-state index contributed by atoms with van der Waals surface area (Å²) >= 11 is 5.99. The van der Waals surface area contributed by atoms with E-state index in [2.05, 4.69) is 15.6 Å². The molecule has 0 aliphatic rings. The van der Waals surface area contributed by atoms with Gasteiger partial charge < -0.3 is 10.6 Å². The van der Waals surface area contributed by atoms with Gasteiger partial charge in [-0.25, -0.2) is 4.98 Å². The minimum absolute atomic E-state index is 0.0518. The van der Waals surface area contributed by atoms with Crippen molar-refractivity contribution in [1.82, 2.24) is 4.98 Å². The van der Waals surface area contributed by atoms with Gasteiger partial charge >= 0.3 is 0 Å². The van der Waals surface area contributed by atoms with Crippen molar-refractivity contribution in [3.8, 4) is 0 Å². The smallest absolute Gasteiger partial charge is 0.228 e. The van der Waals surface area contributed by atoms with Gasteiger partial charge in [-0.3, -0.25) is 4.79 Å². The van der Waals surface area contributed by atoms with Crippen LogP contribution in [0.3, 0.4) is 0 Å². The first-order valence-electron chi connectivity index (χ1n) is 8.88. The van der Waals surface area contributed by atoms with E-state index in [1.165, 1.54) is 5.56 Å². The first kappa shape index (κ1) is 18.9. The van der Waals surface area contributed by atoms with Crippen LogP contribution in [0.25, 0.3) is 0 Å². The van der Waals surface area contributed by atoms with Gasteiger partial charge in [0, 0.05) is 11.6 Å². The number of halogens is 1. The minimum atomic E-state index is -0.0518. The van der Waals surface area contributed by atoms with Crippen LogP contribution < -0.4 is 10.6 Å². The highest BCUT2D eigenvalue weighted by atomic mass is 35.5. The fraction of sp³-hybridized carbons (Fsp3) is 0.182. The molecule has 0 unspecified atom stereocenters. The quantitative estimate of drug-likeness (QED) is 0.615. The summed E-state index contributed by atoms with van der Waals surface area (Å²) in [5, 5.41) is 6.90. The van der Waals surface area contributed by atoms with E-state index in [1.807, 2.05) is 67.6 Å². The summed E-state index contributed by atoms with van der Waals surface area (Å²) in [5.74, 6) is 0.720. The van der Waals surface area contributed by atoms with Crippen molar-refractivity contribution in [2.24, 2.45) is 0 Å². The first-order chi connectivity index (χ1) is 13.1. The zero-order valence-electron chi connectivity index (χ0n) is 15.2. The molecule has 0 aliphatic heterocycles. The van der Waals surface area contributed by atoms with Crippen LogP contribution in [-0.4, -0.2) is 17.4 Å². The summed E-state index contributed by atoms with van der Waals surface area (Å²) in [7, 11) is 0. The molecule has 0 radical (unpaired) electrons. The third kappa shape index (κ3) is 6.12. The number of pyridine rings is 1. The van der Waals surface area contributed by atoms with E-state index >= 15 is 0 Å². The van der Waals surface area contributed by atoms with Crippen molar-refractivity contribution in [2.45, 2.75) is 19.8 Å². The number of anilines is 2. The van der Waals surface area contributed by atoms with Gasteiger partial charge in [0.2, 0.25) is 5.91 Å². The van der Waals surface area contributed by atoms with Crippen LogP contribution in [-0.2, 0) is 17.6 Å². The Labute approximate surface area is 164 Å². The van der Waals surface area contributed by atoms with Gasteiger partial charge in [-0.05, 0) is 48.7 Å². The van der Waals surface area contributed by atoms with E-state index < -0.39 is 0 Å². The van der Waals surface area contributed by atoms with Gasteiger partial charge in [0.25, 0.3) is 0 Å². The van der Waals surface area contributed by atoms with Gasteiger partial charge in [-0.15, -0.1) is 0 Å². The molecule has 2 N–H and O–H groups in total. The Morgan fingerprint density at radius 1 is 1.04 bits per heavy atom. The molecule has 0 spiro atoms. The van der Waals surface area contributed by atoms with E-state index in [4.69, 9.17) is 11.6 Å². The molecular formula is C22H22ClN3O. The monoisotopic (exact) mass is 379 g/mol. The predicted octanol–water partition coefficient (Wildman–Crippen LogP) is 4.88. The zero-order chi connectivity index (χ0) is 19.1. The molecular weight excluding hydrogens is 358 g/mol. The number of nitrogens with one attached hydrogen (secondary N) is 2. The summed E-state index contributed by atoms with van der Waals surface area (Å²) in [6.45, 7) is 2.77. The van der Waals surface area contributed by atoms with Gasteiger partial charge in [-0.2, -0.15) is 0 Å². The number of hydrogen-bond acceptors (Lipinski definition) is 3. The van der Waals surface area contributed by atoms with Gasteiger partial charge in [0.15, 0.2) is 0 Å². The molecule has 0 atom stereocenters. The standard InChI is InChI=1S/C22H22ClN3O/c1-16-4-2-6-18(12-16)14-22(27)26-20-8-9-21(25-15-20)24-11-10-17-5-3-7-19(23)13-17/h2-9,12-13,15H,10-11,14H2,1H3,(H,24,25)(H,26,27). The molecule has 27 heavy (non-hydrogen) atoms. The van der Waals surface area contributed by atoms with Crippen LogP contribution >= 0.6 is 11.6 Å². The maximum absolute atomic E-state index is 12.2. The van der Waals surface area contributed by atoms with Crippen molar-refractivity contribution >= 4 is 29.0 Å². The van der Waals surface area contributed by atoms with Crippen LogP contribution in [0, 0.1) is 6.92 Å². The summed E-state index contributed by atoms with van der Waals surface area (Å²) in [5.41, 5.74) is 4.01. The lowest BCUT2D eigenvalue weighted by molar-refractivity contribution is -0.115. The molecule has 4 nitrogen and oxygen atoms in total. The predicted molar refractivity (Wildman–Crippen MR) is 111 cm³/mol. The highest BCUT2D eigenvalue weighted by Crippen LogP contribution is 2.13. The summed E-state index contributed by atoms with van der Waals surface area (Å²) in [6, 6.07) is 19.5. The zero-order valence-corrected chi connectivity index (χ0v) is 16.0. The Morgan fingerprint density at radius 3 is 2.59 bits per heavy atom. The summed E-state index contributed by atoms with van der Waals surface area (Å²) < 4.78 is 0. The Bertz CT molecular complexity index is 909. The lowest BCUT2D eigenvalue weighted by Crippen LogP contribution is -2.14. The molecule has 0 bridgehead atoms. The minimum Gasteiger partial charge on any atom is -0.370 e. The van der Waals surface area contributed by atoms with Gasteiger partial charge in [0.05, 0.1) is 18.3 Å². The molecule has 3 rings (SSSR count). The second kappa shape index (κ2) is 9.19. The van der Waals surface area contributed by atoms with E-state index in [0.717, 1.165) is 34.9 Å². The third-order valence-corrected chi connectivity index (χ3v) is 4.34. The van der Waals surface area contributed by atoms with Gasteiger partial charge in [0.1, 0.15) is 5.82 Å². The average molecular weight is 380 g/mol. The lowest BCUT2D eigenvalue weighted by atomic mass is 10.1. The molecule has 2 aromatic carbocycles. The maximum atomic E-state index is 12.2. The number of hydrogen-bond donors (Lipinski definition) is 2. The molecule has 0 fully saturated rings. The second-order valence-corrected chi connectivity index (χ2v) is 6.89. The number of carbonyl (C=O) groups is 1. The molecule has 3 aromatic rings. The highest BCUT2D eigenvalue weighted by molar-refractivity contribution is 6.30. The normalized spacial score (nSPS) is 10.4. The molecule has 1 aromatic heterocycles. The van der Waals surface area contributed by atoms with Crippen LogP contribution in [0.15, 0.2) is 66.9 Å². The molecule has 0 saturated heterocycles. The topological polar surface area (TPSA) is 54.0 Å². The fourth-order valence-corrected chi connectivity index (χ4v) is 3.03. The number of amides is 1. The van der Waals surface area contributed by atoms with Crippen molar-refractivity contribution < 1.29 is 4.79 Å². The number of rotatable bonds is 7. The largest absolute Gasteiger partial charge is 0.370 e. The Kier molecular flexibility index (Phi) is 6.44. The van der Waals surface area contributed by atoms with E-state index in [0.29, 0.717) is 12.1 Å². The molecule has 1 heterocycles. The maximum Gasteiger partial charge on any atom is 0.228 e. The third-order valence-electron chi connectivity index (χ3n) is 4.10. The van der Waals surface area contributed by atoms with Crippen molar-refractivity contribution in [3.63, 3.8) is 0 Å². The summed E-state index contributed by atoms with van der Waals surface area (Å²) in [6.07, 6.45) is 2.87. The number of aryl methyl sites for hydroxylation is 1. The van der Waals surface area contributed by atoms with Crippen molar-refractivity contribution in [2.75, 3.05) is 17.2 Å². The lowest BCUT2D eigenvalue weighted by Gasteiger charge is -2.08. The first-order valence-corrected chi connectivity index (χ1v) is 9.26. The number of benzene rings is 2. The van der Waals surface area contributed by atoms with Gasteiger partial charge in [-0.1, -0.05) is 53.6 Å². The fourth-order valence-electron chi connectivity index (χ4n) is 2.81. The van der Waals surface area contributed by atoms with E-state index in [9.17, 15) is 4.79 Å². The van der Waals surface area contributed by atoms with Crippen LogP contribution in [0.2, 0.25) is 5.02 Å². The van der Waals surface area contributed by atoms with Crippen LogP contribution in [0.5, 0.6) is 0 Å². The van der Waals surface area contributed by atoms with E-state index in [-0.39, 0.29) is 5.91 Å². The Hall–Kier alpha value is -2.85. The number of carbonyl (C=O) groups excluding carboxylic acids is 1. The molecule has 0 aliphatic carbocycles. The molecule has 0 saturated carbocycles. The Balaban J connectivity index is 1.47. The van der Waals surface area contributed by atoms with Crippen LogP contribution in [0.1, 0.15) is 16.7 Å². The summed E-state index contributed by atoms with van der Waals surface area (Å²) in [4.78, 5) is 16.5. The van der Waals surface area contributed by atoms with Crippen LogP contribution in [0.4, 0.5) is 11.5 Å². The molecule has 1 amide bonds. The van der Waals surface area contributed by atoms with Crippen molar-refractivity contribution in [1.29, 1.82) is 0 Å². The molecule has 5 heteroatoms. The Morgan fingerprint density at radius 2 is 1.85 bits per heavy atom. The second-order valence-electron chi connectivity index (χ2n) is 6.45. The number of aromatic nitrogens is 1. The average Bonchev–Trinajstić information content (AvgIpc) is 2.63. The van der Waals surface area contributed by atoms with Crippen molar-refractivity contribution in [3.05, 3.63) is 88.6 Å². The number of nitrogens with zero attached hydrogens (tertiary/aromatic N) is 1. The molecule has 138 valence electrons. The highest BCUT2D eigenvalue weighted by Gasteiger charge is 2.05. The SMILES string of the molecule is Cc1cccc(CC(=O)Nc2ccc(NCCc3cccc(Cl)c3)nc2)c1.